The number of benzene rings is 2. The summed E-state index contributed by atoms with van der Waals surface area (Å²) in [6.07, 6.45) is 3.55. The highest BCUT2D eigenvalue weighted by Gasteiger charge is 2.16. The summed E-state index contributed by atoms with van der Waals surface area (Å²) in [6, 6.07) is 24.5. The molecule has 0 radical (unpaired) electrons. The van der Waals surface area contributed by atoms with E-state index in [4.69, 9.17) is 17.3 Å². The summed E-state index contributed by atoms with van der Waals surface area (Å²) in [6.45, 7) is 1.59. The van der Waals surface area contributed by atoms with Crippen LogP contribution in [0.3, 0.4) is 0 Å². The maximum atomic E-state index is 5.81. The molecule has 0 aliphatic carbocycles. The molecule has 28 heavy (non-hydrogen) atoms. The van der Waals surface area contributed by atoms with Gasteiger partial charge in [0.05, 0.1) is 7.05 Å². The number of pyridine rings is 1. The minimum atomic E-state index is 0.686. The van der Waals surface area contributed by atoms with E-state index in [0.717, 1.165) is 23.6 Å². The number of quaternary nitrogens is 1. The Balaban J connectivity index is 1.71. The van der Waals surface area contributed by atoms with Crippen LogP contribution in [0.2, 0.25) is 0 Å². The van der Waals surface area contributed by atoms with Gasteiger partial charge in [0.1, 0.15) is 6.54 Å². The number of aromatic nitrogens is 4. The Labute approximate surface area is 169 Å². The zero-order valence-electron chi connectivity index (χ0n) is 15.7. The molecule has 140 valence electrons. The van der Waals surface area contributed by atoms with Crippen LogP contribution in [0.15, 0.2) is 85.2 Å². The average molecular weight is 389 g/mol. The summed E-state index contributed by atoms with van der Waals surface area (Å²) in [5.41, 5.74) is 3.29. The smallest absolute Gasteiger partial charge is 0.207 e. The largest absolute Gasteiger partial charge is 0.315 e. The van der Waals surface area contributed by atoms with Gasteiger partial charge in [-0.25, -0.2) is 0 Å². The van der Waals surface area contributed by atoms with Crippen LogP contribution in [-0.4, -0.2) is 26.4 Å². The lowest BCUT2D eigenvalue weighted by molar-refractivity contribution is -0.917. The van der Waals surface area contributed by atoms with E-state index in [1.54, 1.807) is 12.4 Å². The SMILES string of the molecule is C[NH+](Cc1ccccc1)Cn1nc(-c2ccncc2)n(-c2ccccc2)c1=S. The Morgan fingerprint density at radius 3 is 2.21 bits per heavy atom. The highest BCUT2D eigenvalue weighted by molar-refractivity contribution is 7.71. The third kappa shape index (κ3) is 3.93. The first-order valence-electron chi connectivity index (χ1n) is 9.23. The van der Waals surface area contributed by atoms with Crippen LogP contribution in [0.1, 0.15) is 5.56 Å². The molecule has 0 saturated carbocycles. The van der Waals surface area contributed by atoms with E-state index in [1.165, 1.54) is 10.5 Å². The molecule has 0 saturated heterocycles. The molecule has 0 aliphatic rings. The molecule has 0 fully saturated rings. The maximum Gasteiger partial charge on any atom is 0.207 e. The second-order valence-corrected chi connectivity index (χ2v) is 7.16. The third-order valence-electron chi connectivity index (χ3n) is 4.56. The fourth-order valence-corrected chi connectivity index (χ4v) is 3.56. The van der Waals surface area contributed by atoms with Gasteiger partial charge in [-0.15, -0.1) is 5.10 Å². The highest BCUT2D eigenvalue weighted by Crippen LogP contribution is 2.21. The molecule has 5 nitrogen and oxygen atoms in total. The number of nitrogens with zero attached hydrogens (tertiary/aromatic N) is 4. The van der Waals surface area contributed by atoms with Gasteiger partial charge < -0.3 is 4.90 Å². The second-order valence-electron chi connectivity index (χ2n) is 6.79. The van der Waals surface area contributed by atoms with E-state index in [-0.39, 0.29) is 0 Å². The molecule has 0 bridgehead atoms. The first-order chi connectivity index (χ1) is 13.7. The van der Waals surface area contributed by atoms with Crippen molar-refractivity contribution in [2.75, 3.05) is 7.05 Å². The summed E-state index contributed by atoms with van der Waals surface area (Å²) in [5, 5.41) is 4.86. The van der Waals surface area contributed by atoms with Gasteiger partial charge in [-0.05, 0) is 36.5 Å². The number of rotatable bonds is 6. The topological polar surface area (TPSA) is 40.1 Å². The lowest BCUT2D eigenvalue weighted by Gasteiger charge is -2.13. The Morgan fingerprint density at radius 1 is 0.893 bits per heavy atom. The van der Waals surface area contributed by atoms with Crippen molar-refractivity contribution in [1.29, 1.82) is 0 Å². The minimum Gasteiger partial charge on any atom is -0.315 e. The van der Waals surface area contributed by atoms with Crippen LogP contribution >= 0.6 is 12.2 Å². The van der Waals surface area contributed by atoms with E-state index in [1.807, 2.05) is 57.8 Å². The monoisotopic (exact) mass is 388 g/mol. The van der Waals surface area contributed by atoms with Gasteiger partial charge in [0, 0.05) is 29.2 Å². The summed E-state index contributed by atoms with van der Waals surface area (Å²) >= 11 is 5.81. The van der Waals surface area contributed by atoms with Crippen LogP contribution in [-0.2, 0) is 13.2 Å². The number of para-hydroxylation sites is 1. The van der Waals surface area contributed by atoms with Gasteiger partial charge in [-0.1, -0.05) is 48.5 Å². The normalized spacial score (nSPS) is 12.0. The minimum absolute atomic E-state index is 0.686. The van der Waals surface area contributed by atoms with Crippen molar-refractivity contribution in [2.45, 2.75) is 13.2 Å². The third-order valence-corrected chi connectivity index (χ3v) is 4.95. The van der Waals surface area contributed by atoms with Crippen LogP contribution in [0.4, 0.5) is 0 Å². The Kier molecular flexibility index (Phi) is 5.41. The molecule has 4 aromatic rings. The summed E-state index contributed by atoms with van der Waals surface area (Å²) in [4.78, 5) is 5.43. The van der Waals surface area contributed by atoms with Crippen LogP contribution < -0.4 is 4.90 Å². The molecule has 4 rings (SSSR count). The van der Waals surface area contributed by atoms with Crippen molar-refractivity contribution in [3.63, 3.8) is 0 Å². The van der Waals surface area contributed by atoms with Crippen molar-refractivity contribution in [3.05, 3.63) is 95.5 Å². The molecule has 1 N–H and O–H groups in total. The van der Waals surface area contributed by atoms with Crippen molar-refractivity contribution >= 4 is 12.2 Å². The first-order valence-corrected chi connectivity index (χ1v) is 9.64. The van der Waals surface area contributed by atoms with Crippen molar-refractivity contribution in [1.82, 2.24) is 19.3 Å². The molecule has 0 spiro atoms. The van der Waals surface area contributed by atoms with Gasteiger partial charge in [-0.2, -0.15) is 4.68 Å². The van der Waals surface area contributed by atoms with Crippen LogP contribution in [0, 0.1) is 4.77 Å². The number of nitrogens with one attached hydrogen (secondary N) is 1. The van der Waals surface area contributed by atoms with Gasteiger partial charge in [-0.3, -0.25) is 9.55 Å². The average Bonchev–Trinajstić information content (AvgIpc) is 3.06. The second kappa shape index (κ2) is 8.29. The predicted octanol–water partition coefficient (Wildman–Crippen LogP) is 3.14. The van der Waals surface area contributed by atoms with E-state index in [0.29, 0.717) is 11.4 Å². The van der Waals surface area contributed by atoms with Gasteiger partial charge >= 0.3 is 0 Å². The predicted molar refractivity (Wildman–Crippen MR) is 113 cm³/mol. The fraction of sp³-hybridized carbons (Fsp3) is 0.136. The quantitative estimate of drug-likeness (QED) is 0.516. The summed E-state index contributed by atoms with van der Waals surface area (Å²) in [7, 11) is 2.16. The summed E-state index contributed by atoms with van der Waals surface area (Å²) in [5.74, 6) is 0.825. The standard InChI is InChI=1S/C22H21N5S/c1-25(16-18-8-4-2-5-9-18)17-26-22(28)27(20-10-6-3-7-11-20)21(24-26)19-12-14-23-15-13-19/h2-15H,16-17H2,1H3/p+1. The van der Waals surface area contributed by atoms with E-state index in [9.17, 15) is 0 Å². The molecule has 2 aromatic carbocycles. The maximum absolute atomic E-state index is 5.81. The molecule has 2 heterocycles. The molecular weight excluding hydrogens is 366 g/mol. The van der Waals surface area contributed by atoms with E-state index >= 15 is 0 Å². The lowest BCUT2D eigenvalue weighted by atomic mass is 10.2. The molecule has 6 heteroatoms. The van der Waals surface area contributed by atoms with Crippen LogP contribution in [0.25, 0.3) is 17.1 Å². The molecule has 2 aromatic heterocycles. The van der Waals surface area contributed by atoms with Crippen molar-refractivity contribution in [2.24, 2.45) is 0 Å². The van der Waals surface area contributed by atoms with Gasteiger partial charge in [0.2, 0.25) is 4.77 Å². The molecule has 0 aliphatic heterocycles. The lowest BCUT2D eigenvalue weighted by Crippen LogP contribution is -3.07. The van der Waals surface area contributed by atoms with Crippen molar-refractivity contribution in [3.8, 4) is 17.1 Å². The Morgan fingerprint density at radius 2 is 1.54 bits per heavy atom. The van der Waals surface area contributed by atoms with E-state index in [2.05, 4.69) is 36.3 Å². The molecule has 1 atom stereocenters. The van der Waals surface area contributed by atoms with E-state index < -0.39 is 0 Å². The Bertz CT molecular complexity index is 1090. The molecule has 1 unspecified atom stereocenters. The summed E-state index contributed by atoms with van der Waals surface area (Å²) < 4.78 is 4.63. The van der Waals surface area contributed by atoms with Crippen LogP contribution in [0.5, 0.6) is 0 Å². The van der Waals surface area contributed by atoms with Gasteiger partial charge in [0.25, 0.3) is 0 Å². The fourth-order valence-electron chi connectivity index (χ4n) is 3.26. The Hall–Kier alpha value is -3.09. The molecular formula is C22H22N5S+. The zero-order chi connectivity index (χ0) is 19.3. The molecule has 0 amide bonds. The first kappa shape index (κ1) is 18.3. The number of hydrogen-bond donors (Lipinski definition) is 1. The van der Waals surface area contributed by atoms with Crippen molar-refractivity contribution < 1.29 is 4.90 Å². The van der Waals surface area contributed by atoms with Gasteiger partial charge in [0.15, 0.2) is 12.5 Å². The number of hydrogen-bond acceptors (Lipinski definition) is 3. The highest BCUT2D eigenvalue weighted by atomic mass is 32.1. The zero-order valence-corrected chi connectivity index (χ0v) is 16.5.